The Labute approximate surface area is 165 Å². The maximum Gasteiger partial charge on any atom is 0.119 e. The molecule has 1 fully saturated rings. The highest BCUT2D eigenvalue weighted by Crippen LogP contribution is 2.25. The second-order valence-corrected chi connectivity index (χ2v) is 7.26. The number of piperazine rings is 1. The number of para-hydroxylation sites is 2. The smallest absolute Gasteiger partial charge is 0.119 e. The van der Waals surface area contributed by atoms with Crippen LogP contribution in [0.2, 0.25) is 0 Å². The molecule has 2 N–H and O–H groups in total. The van der Waals surface area contributed by atoms with Crippen LogP contribution < -0.4 is 10.1 Å². The van der Waals surface area contributed by atoms with Gasteiger partial charge in [0.15, 0.2) is 0 Å². The van der Waals surface area contributed by atoms with E-state index in [0.717, 1.165) is 36.4 Å². The van der Waals surface area contributed by atoms with Crippen molar-refractivity contribution in [2.24, 2.45) is 0 Å². The molecule has 2 heterocycles. The first-order chi connectivity index (χ1) is 13.7. The first-order valence-electron chi connectivity index (χ1n) is 10.00. The Hall–Kier alpha value is -2.41. The molecule has 2 unspecified atom stereocenters. The van der Waals surface area contributed by atoms with Gasteiger partial charge < -0.3 is 19.7 Å². The van der Waals surface area contributed by atoms with E-state index in [9.17, 15) is 5.11 Å². The molecule has 3 aromatic rings. The summed E-state index contributed by atoms with van der Waals surface area (Å²) in [6, 6.07) is 16.6. The van der Waals surface area contributed by atoms with Crippen molar-refractivity contribution < 1.29 is 9.84 Å². The Bertz CT molecular complexity index is 893. The molecule has 28 heavy (non-hydrogen) atoms. The van der Waals surface area contributed by atoms with Gasteiger partial charge in [-0.3, -0.25) is 4.90 Å². The predicted molar refractivity (Wildman–Crippen MR) is 111 cm³/mol. The molecule has 0 spiro atoms. The van der Waals surface area contributed by atoms with Gasteiger partial charge in [-0.15, -0.1) is 0 Å². The van der Waals surface area contributed by atoms with E-state index in [2.05, 4.69) is 27.3 Å². The van der Waals surface area contributed by atoms with E-state index < -0.39 is 6.10 Å². The van der Waals surface area contributed by atoms with Crippen LogP contribution in [0, 0.1) is 0 Å². The number of fused-ring (bicyclic) bond motifs is 1. The lowest BCUT2D eigenvalue weighted by Gasteiger charge is -2.37. The fourth-order valence-corrected chi connectivity index (χ4v) is 3.96. The third kappa shape index (κ3) is 4.19. The molecule has 6 nitrogen and oxygen atoms in total. The summed E-state index contributed by atoms with van der Waals surface area (Å²) in [5.74, 6) is 0.897. The summed E-state index contributed by atoms with van der Waals surface area (Å²) in [5.41, 5.74) is 3.27. The van der Waals surface area contributed by atoms with Gasteiger partial charge in [0.2, 0.25) is 0 Å². The van der Waals surface area contributed by atoms with Gasteiger partial charge in [0.1, 0.15) is 5.75 Å². The van der Waals surface area contributed by atoms with E-state index in [0.29, 0.717) is 19.7 Å². The summed E-state index contributed by atoms with van der Waals surface area (Å²) < 4.78 is 7.59. The second kappa shape index (κ2) is 8.73. The number of rotatable bonds is 7. The number of hydrogen-bond acceptors (Lipinski definition) is 5. The highest BCUT2D eigenvalue weighted by molar-refractivity contribution is 5.74. The topological polar surface area (TPSA) is 62.6 Å². The minimum Gasteiger partial charge on any atom is -0.494 e. The van der Waals surface area contributed by atoms with Crippen molar-refractivity contribution in [3.05, 3.63) is 60.4 Å². The Kier molecular flexibility index (Phi) is 5.90. The molecule has 6 heteroatoms. The molecule has 1 saturated heterocycles. The lowest BCUT2D eigenvalue weighted by Crippen LogP contribution is -2.49. The van der Waals surface area contributed by atoms with Crippen LogP contribution in [0.15, 0.2) is 54.9 Å². The Morgan fingerprint density at radius 2 is 2.00 bits per heavy atom. The number of hydrogen-bond donors (Lipinski definition) is 2. The number of imidazole rings is 1. The fraction of sp³-hybridized carbons (Fsp3) is 0.409. The van der Waals surface area contributed by atoms with E-state index in [4.69, 9.17) is 4.74 Å². The van der Waals surface area contributed by atoms with Crippen molar-refractivity contribution >= 4 is 11.0 Å². The normalized spacial score (nSPS) is 19.0. The molecule has 0 amide bonds. The highest BCUT2D eigenvalue weighted by Gasteiger charge is 2.26. The van der Waals surface area contributed by atoms with Gasteiger partial charge >= 0.3 is 0 Å². The largest absolute Gasteiger partial charge is 0.494 e. The number of β-amino-alcohol motifs (C(OH)–C–C–N with tert-alkyl or cyclic N) is 1. The predicted octanol–water partition coefficient (Wildman–Crippen LogP) is 2.44. The van der Waals surface area contributed by atoms with Crippen molar-refractivity contribution in [1.29, 1.82) is 0 Å². The number of nitrogens with zero attached hydrogens (tertiary/aromatic N) is 3. The van der Waals surface area contributed by atoms with Gasteiger partial charge in [-0.2, -0.15) is 0 Å². The number of benzene rings is 2. The molecule has 0 bridgehead atoms. The van der Waals surface area contributed by atoms with Gasteiger partial charge in [0.05, 0.1) is 36.6 Å². The molecule has 0 saturated carbocycles. The summed E-state index contributed by atoms with van der Waals surface area (Å²) in [7, 11) is 0. The van der Waals surface area contributed by atoms with Crippen LogP contribution in [0.1, 0.15) is 18.5 Å². The van der Waals surface area contributed by atoms with Crippen LogP contribution in [0.3, 0.4) is 0 Å². The average molecular weight is 380 g/mol. The summed E-state index contributed by atoms with van der Waals surface area (Å²) in [6.07, 6.45) is 1.36. The molecule has 1 aliphatic heterocycles. The molecular formula is C22H28N4O2. The lowest BCUT2D eigenvalue weighted by molar-refractivity contribution is 0.0643. The number of aliphatic hydroxyl groups is 1. The summed E-state index contributed by atoms with van der Waals surface area (Å²) >= 11 is 0. The minimum absolute atomic E-state index is 0.249. The first kappa shape index (κ1) is 18.9. The Balaban J connectivity index is 1.44. The van der Waals surface area contributed by atoms with Crippen molar-refractivity contribution in [2.75, 3.05) is 32.8 Å². The molecule has 1 aliphatic rings. The monoisotopic (exact) mass is 380 g/mol. The summed E-state index contributed by atoms with van der Waals surface area (Å²) in [5, 5.41) is 14.3. The zero-order valence-electron chi connectivity index (χ0n) is 16.3. The first-order valence-corrected chi connectivity index (χ1v) is 10.00. The Morgan fingerprint density at radius 3 is 2.82 bits per heavy atom. The van der Waals surface area contributed by atoms with Crippen LogP contribution in [-0.4, -0.2) is 58.4 Å². The molecular weight excluding hydrogens is 352 g/mol. The van der Waals surface area contributed by atoms with E-state index >= 15 is 0 Å². The van der Waals surface area contributed by atoms with Gasteiger partial charge in [0, 0.05) is 32.2 Å². The van der Waals surface area contributed by atoms with Gasteiger partial charge in [-0.05, 0) is 36.8 Å². The summed E-state index contributed by atoms with van der Waals surface area (Å²) in [4.78, 5) is 6.79. The quantitative estimate of drug-likeness (QED) is 0.659. The van der Waals surface area contributed by atoms with Crippen LogP contribution in [-0.2, 0) is 6.54 Å². The van der Waals surface area contributed by atoms with Crippen molar-refractivity contribution in [3.8, 4) is 5.75 Å². The average Bonchev–Trinajstić information content (AvgIpc) is 3.12. The van der Waals surface area contributed by atoms with E-state index in [1.807, 2.05) is 54.2 Å². The van der Waals surface area contributed by atoms with Crippen molar-refractivity contribution in [1.82, 2.24) is 19.8 Å². The van der Waals surface area contributed by atoms with E-state index in [1.54, 1.807) is 0 Å². The molecule has 0 radical (unpaired) electrons. The maximum absolute atomic E-state index is 10.8. The van der Waals surface area contributed by atoms with Crippen LogP contribution in [0.5, 0.6) is 5.75 Å². The van der Waals surface area contributed by atoms with E-state index in [1.165, 1.54) is 5.56 Å². The third-order valence-corrected chi connectivity index (χ3v) is 5.31. The molecule has 2 aromatic carbocycles. The minimum atomic E-state index is -0.457. The van der Waals surface area contributed by atoms with Gasteiger partial charge in [0.25, 0.3) is 0 Å². The van der Waals surface area contributed by atoms with Gasteiger partial charge in [-0.25, -0.2) is 4.98 Å². The second-order valence-electron chi connectivity index (χ2n) is 7.26. The van der Waals surface area contributed by atoms with Gasteiger partial charge in [-0.1, -0.05) is 24.3 Å². The van der Waals surface area contributed by atoms with Crippen molar-refractivity contribution in [3.63, 3.8) is 0 Å². The SMILES string of the molecule is CCOc1ccc(C2CNCCN2CC(O)Cn2cnc3ccccc32)cc1. The zero-order chi connectivity index (χ0) is 19.3. The van der Waals surface area contributed by atoms with Crippen LogP contribution >= 0.6 is 0 Å². The third-order valence-electron chi connectivity index (χ3n) is 5.31. The number of nitrogens with one attached hydrogen (secondary N) is 1. The standard InChI is InChI=1S/C22H28N4O2/c1-2-28-19-9-7-17(8-10-19)22-13-23-11-12-25(22)14-18(27)15-26-16-24-20-5-3-4-6-21(20)26/h3-10,16,18,22-23,27H,2,11-15H2,1H3. The van der Waals surface area contributed by atoms with Crippen LogP contribution in [0.4, 0.5) is 0 Å². The molecule has 2 atom stereocenters. The number of aliphatic hydroxyl groups excluding tert-OH is 1. The van der Waals surface area contributed by atoms with E-state index in [-0.39, 0.29) is 6.04 Å². The lowest BCUT2D eigenvalue weighted by atomic mass is 10.0. The highest BCUT2D eigenvalue weighted by atomic mass is 16.5. The molecule has 0 aliphatic carbocycles. The number of aromatic nitrogens is 2. The number of ether oxygens (including phenoxy) is 1. The fourth-order valence-electron chi connectivity index (χ4n) is 3.96. The zero-order valence-corrected chi connectivity index (χ0v) is 16.3. The van der Waals surface area contributed by atoms with Crippen LogP contribution in [0.25, 0.3) is 11.0 Å². The molecule has 1 aromatic heterocycles. The molecule has 4 rings (SSSR count). The Morgan fingerprint density at radius 1 is 1.18 bits per heavy atom. The maximum atomic E-state index is 10.8. The summed E-state index contributed by atoms with van der Waals surface area (Å²) in [6.45, 7) is 6.58. The van der Waals surface area contributed by atoms with Crippen molar-refractivity contribution in [2.45, 2.75) is 25.6 Å². The molecule has 148 valence electrons.